The van der Waals surface area contributed by atoms with Crippen LogP contribution in [0.4, 0.5) is 10.1 Å². The molecule has 2 aromatic rings. The van der Waals surface area contributed by atoms with Crippen LogP contribution in [0.5, 0.6) is 0 Å². The van der Waals surface area contributed by atoms with Gasteiger partial charge in [0.05, 0.1) is 6.54 Å². The maximum Gasteiger partial charge on any atom is 0.128 e. The normalized spacial score (nSPS) is 16.1. The van der Waals surface area contributed by atoms with E-state index in [4.69, 9.17) is 5.73 Å². The van der Waals surface area contributed by atoms with Crippen LogP contribution >= 0.6 is 0 Å². The summed E-state index contributed by atoms with van der Waals surface area (Å²) >= 11 is 0. The Kier molecular flexibility index (Phi) is 3.44. The van der Waals surface area contributed by atoms with Gasteiger partial charge in [0, 0.05) is 42.8 Å². The van der Waals surface area contributed by atoms with Crippen molar-refractivity contribution in [3.63, 3.8) is 0 Å². The minimum Gasteiger partial charge on any atom is -0.362 e. The van der Waals surface area contributed by atoms with Crippen LogP contribution < -0.4 is 10.6 Å². The van der Waals surface area contributed by atoms with Gasteiger partial charge in [-0.15, -0.1) is 0 Å². The second kappa shape index (κ2) is 5.25. The lowest BCUT2D eigenvalue weighted by Crippen LogP contribution is -2.34. The van der Waals surface area contributed by atoms with E-state index >= 15 is 0 Å². The second-order valence-electron chi connectivity index (χ2n) is 5.38. The van der Waals surface area contributed by atoms with Crippen LogP contribution in [0, 0.1) is 5.82 Å². The summed E-state index contributed by atoms with van der Waals surface area (Å²) in [6, 6.07) is 5.18. The molecule has 0 saturated heterocycles. The van der Waals surface area contributed by atoms with Gasteiger partial charge in [-0.1, -0.05) is 6.07 Å². The van der Waals surface area contributed by atoms with E-state index in [1.807, 2.05) is 25.4 Å². The minimum atomic E-state index is -0.172. The van der Waals surface area contributed by atoms with E-state index in [-0.39, 0.29) is 11.9 Å². The maximum absolute atomic E-state index is 14.1. The molecule has 4 nitrogen and oxygen atoms in total. The van der Waals surface area contributed by atoms with Gasteiger partial charge in [0.25, 0.3) is 0 Å². The number of nitrogens with two attached hydrogens (primary N) is 1. The molecule has 2 N–H and O–H groups in total. The molecule has 5 heteroatoms. The Hall–Kier alpha value is -1.88. The fourth-order valence-corrected chi connectivity index (χ4v) is 2.75. The van der Waals surface area contributed by atoms with E-state index in [2.05, 4.69) is 14.5 Å². The van der Waals surface area contributed by atoms with Crippen molar-refractivity contribution < 1.29 is 4.39 Å². The molecule has 1 aliphatic rings. The van der Waals surface area contributed by atoms with E-state index in [9.17, 15) is 4.39 Å². The van der Waals surface area contributed by atoms with E-state index in [0.717, 1.165) is 24.6 Å². The fourth-order valence-electron chi connectivity index (χ4n) is 2.75. The largest absolute Gasteiger partial charge is 0.362 e. The average Bonchev–Trinajstić information content (AvgIpc) is 2.88. The third-order valence-electron chi connectivity index (χ3n) is 3.71. The topological polar surface area (TPSA) is 47.1 Å². The number of benzene rings is 1. The van der Waals surface area contributed by atoms with Crippen LogP contribution in [0.1, 0.15) is 18.3 Å². The number of aromatic nitrogens is 2. The zero-order valence-corrected chi connectivity index (χ0v) is 11.6. The lowest BCUT2D eigenvalue weighted by Gasteiger charge is -2.31. The molecule has 20 heavy (non-hydrogen) atoms. The first-order chi connectivity index (χ1) is 9.65. The molecule has 3 rings (SSSR count). The van der Waals surface area contributed by atoms with Crippen LogP contribution in [0.15, 0.2) is 30.6 Å². The third-order valence-corrected chi connectivity index (χ3v) is 3.71. The van der Waals surface area contributed by atoms with E-state index in [1.54, 1.807) is 6.07 Å². The van der Waals surface area contributed by atoms with Gasteiger partial charge < -0.3 is 15.2 Å². The molecule has 1 aliphatic heterocycles. The number of imidazole rings is 1. The van der Waals surface area contributed by atoms with Crippen LogP contribution in [0.25, 0.3) is 0 Å². The standard InChI is InChI=1S/C15H19FN4/c1-11(17)9-12-13(16)3-2-4-14(12)20-8-7-19-6-5-18-15(19)10-20/h2-6,11H,7-10,17H2,1H3. The summed E-state index contributed by atoms with van der Waals surface area (Å²) in [5.41, 5.74) is 7.50. The summed E-state index contributed by atoms with van der Waals surface area (Å²) in [7, 11) is 0. The molecule has 106 valence electrons. The summed E-state index contributed by atoms with van der Waals surface area (Å²) in [6.45, 7) is 4.35. The molecule has 0 aliphatic carbocycles. The Labute approximate surface area is 118 Å². The van der Waals surface area contributed by atoms with Crippen molar-refractivity contribution in [2.24, 2.45) is 5.73 Å². The van der Waals surface area contributed by atoms with Crippen LogP contribution in [0.2, 0.25) is 0 Å². The van der Waals surface area contributed by atoms with Crippen molar-refractivity contribution in [1.82, 2.24) is 9.55 Å². The molecule has 1 atom stereocenters. The monoisotopic (exact) mass is 274 g/mol. The molecule has 0 amide bonds. The zero-order chi connectivity index (χ0) is 14.1. The molecule has 1 unspecified atom stereocenters. The summed E-state index contributed by atoms with van der Waals surface area (Å²) < 4.78 is 16.2. The molecule has 0 saturated carbocycles. The lowest BCUT2D eigenvalue weighted by molar-refractivity contribution is 0.550. The number of hydrogen-bond acceptors (Lipinski definition) is 3. The highest BCUT2D eigenvalue weighted by Gasteiger charge is 2.21. The number of rotatable bonds is 3. The van der Waals surface area contributed by atoms with E-state index in [1.165, 1.54) is 6.07 Å². The summed E-state index contributed by atoms with van der Waals surface area (Å²) in [6.07, 6.45) is 4.35. The first kappa shape index (κ1) is 13.1. The highest BCUT2D eigenvalue weighted by atomic mass is 19.1. The van der Waals surface area contributed by atoms with Gasteiger partial charge in [-0.3, -0.25) is 0 Å². The molecular formula is C15H19FN4. The Balaban J connectivity index is 1.93. The molecule has 0 spiro atoms. The highest BCUT2D eigenvalue weighted by molar-refractivity contribution is 5.55. The fraction of sp³-hybridized carbons (Fsp3) is 0.400. The summed E-state index contributed by atoms with van der Waals surface area (Å²) in [5.74, 6) is 0.848. The smallest absolute Gasteiger partial charge is 0.128 e. The van der Waals surface area contributed by atoms with E-state index in [0.29, 0.717) is 18.5 Å². The van der Waals surface area contributed by atoms with Gasteiger partial charge in [0.15, 0.2) is 0 Å². The Bertz CT molecular complexity index is 606. The third kappa shape index (κ3) is 2.41. The number of fused-ring (bicyclic) bond motifs is 1. The van der Waals surface area contributed by atoms with Crippen LogP contribution in [0.3, 0.4) is 0 Å². The van der Waals surface area contributed by atoms with Crippen molar-refractivity contribution in [1.29, 1.82) is 0 Å². The second-order valence-corrected chi connectivity index (χ2v) is 5.38. The minimum absolute atomic E-state index is 0.0579. The average molecular weight is 274 g/mol. The van der Waals surface area contributed by atoms with E-state index < -0.39 is 0 Å². The Morgan fingerprint density at radius 2 is 2.25 bits per heavy atom. The number of hydrogen-bond donors (Lipinski definition) is 1. The van der Waals surface area contributed by atoms with Crippen molar-refractivity contribution in [3.8, 4) is 0 Å². The molecule has 1 aromatic heterocycles. The van der Waals surface area contributed by atoms with Gasteiger partial charge in [-0.25, -0.2) is 9.37 Å². The molecule has 0 bridgehead atoms. The first-order valence-corrected chi connectivity index (χ1v) is 6.93. The van der Waals surface area contributed by atoms with Gasteiger partial charge >= 0.3 is 0 Å². The van der Waals surface area contributed by atoms with Crippen LogP contribution in [-0.2, 0) is 19.5 Å². The predicted molar refractivity (Wildman–Crippen MR) is 77.0 cm³/mol. The zero-order valence-electron chi connectivity index (χ0n) is 11.6. The van der Waals surface area contributed by atoms with Crippen LogP contribution in [-0.4, -0.2) is 22.1 Å². The number of halogens is 1. The quantitative estimate of drug-likeness (QED) is 0.930. The van der Waals surface area contributed by atoms with Gasteiger partial charge in [-0.05, 0) is 25.5 Å². The Morgan fingerprint density at radius 1 is 1.40 bits per heavy atom. The molecule has 0 radical (unpaired) electrons. The van der Waals surface area contributed by atoms with Crippen molar-refractivity contribution in [3.05, 3.63) is 47.8 Å². The molecule has 1 aromatic carbocycles. The first-order valence-electron chi connectivity index (χ1n) is 6.93. The summed E-state index contributed by atoms with van der Waals surface area (Å²) in [5, 5.41) is 0. The summed E-state index contributed by atoms with van der Waals surface area (Å²) in [4.78, 5) is 6.53. The maximum atomic E-state index is 14.1. The van der Waals surface area contributed by atoms with Gasteiger partial charge in [0.2, 0.25) is 0 Å². The molecule has 2 heterocycles. The highest BCUT2D eigenvalue weighted by Crippen LogP contribution is 2.27. The van der Waals surface area contributed by atoms with Gasteiger partial charge in [0.1, 0.15) is 11.6 Å². The Morgan fingerprint density at radius 3 is 3.05 bits per heavy atom. The number of anilines is 1. The van der Waals surface area contributed by atoms with Crippen molar-refractivity contribution >= 4 is 5.69 Å². The number of nitrogens with zero attached hydrogens (tertiary/aromatic N) is 3. The SMILES string of the molecule is CC(N)Cc1c(F)cccc1N1CCn2ccnc2C1. The van der Waals surface area contributed by atoms with Crippen molar-refractivity contribution in [2.75, 3.05) is 11.4 Å². The van der Waals surface area contributed by atoms with Crippen molar-refractivity contribution in [2.45, 2.75) is 32.5 Å². The van der Waals surface area contributed by atoms with Gasteiger partial charge in [-0.2, -0.15) is 0 Å². The predicted octanol–water partition coefficient (Wildman–Crippen LogP) is 1.93. The molecular weight excluding hydrogens is 255 g/mol. The molecule has 0 fully saturated rings. The lowest BCUT2D eigenvalue weighted by atomic mass is 10.0.